The van der Waals surface area contributed by atoms with Gasteiger partial charge in [-0.1, -0.05) is 26.8 Å². The van der Waals surface area contributed by atoms with Gasteiger partial charge in [0.05, 0.1) is 0 Å². The van der Waals surface area contributed by atoms with E-state index < -0.39 is 29.7 Å². The molecule has 2 N–H and O–H groups in total. The minimum absolute atomic E-state index is 0.223. The fourth-order valence-electron chi connectivity index (χ4n) is 2.59. The van der Waals surface area contributed by atoms with Crippen molar-refractivity contribution in [1.82, 2.24) is 10.3 Å². The summed E-state index contributed by atoms with van der Waals surface area (Å²) in [7, 11) is 0. The number of thiophene rings is 1. The molecule has 25 heavy (non-hydrogen) atoms. The maximum atomic E-state index is 15.1. The van der Waals surface area contributed by atoms with Gasteiger partial charge in [0.25, 0.3) is 0 Å². The summed E-state index contributed by atoms with van der Waals surface area (Å²) < 4.78 is 30.3. The minimum Gasteiger partial charge on any atom is -0.480 e. The Morgan fingerprint density at radius 3 is 2.52 bits per heavy atom. The Hall–Kier alpha value is -1.86. The van der Waals surface area contributed by atoms with E-state index in [1.54, 1.807) is 22.9 Å². The number of pyridine rings is 1. The monoisotopic (exact) mass is 368 g/mol. The third-order valence-corrected chi connectivity index (χ3v) is 4.43. The van der Waals surface area contributed by atoms with Crippen molar-refractivity contribution in [2.75, 3.05) is 0 Å². The summed E-state index contributed by atoms with van der Waals surface area (Å²) in [6.07, 6.45) is 1.53. The van der Waals surface area contributed by atoms with Gasteiger partial charge in [-0.05, 0) is 46.4 Å². The van der Waals surface area contributed by atoms with Crippen molar-refractivity contribution < 1.29 is 18.7 Å². The van der Waals surface area contributed by atoms with Crippen LogP contribution in [0.1, 0.15) is 44.5 Å². The Labute approximate surface area is 149 Å². The van der Waals surface area contributed by atoms with Crippen LogP contribution in [0.3, 0.4) is 0 Å². The predicted octanol–water partition coefficient (Wildman–Crippen LogP) is 4.46. The number of hydrogen-bond donors (Lipinski definition) is 2. The van der Waals surface area contributed by atoms with E-state index in [1.807, 2.05) is 20.8 Å². The lowest BCUT2D eigenvalue weighted by Crippen LogP contribution is -2.46. The highest BCUT2D eigenvalue weighted by Gasteiger charge is 2.45. The lowest BCUT2D eigenvalue weighted by Gasteiger charge is -2.32. The van der Waals surface area contributed by atoms with Crippen LogP contribution in [0.4, 0.5) is 8.78 Å². The highest BCUT2D eigenvalue weighted by molar-refractivity contribution is 7.08. The molecule has 0 aliphatic carbocycles. The number of carboxylic acids is 1. The van der Waals surface area contributed by atoms with Crippen LogP contribution in [0.5, 0.6) is 0 Å². The van der Waals surface area contributed by atoms with Gasteiger partial charge >= 0.3 is 11.9 Å². The molecule has 0 aromatic carbocycles. The molecule has 2 atom stereocenters. The minimum atomic E-state index is -3.35. The first-order chi connectivity index (χ1) is 11.6. The SMILES string of the molecule is CC(C)(C)C[C@H](N[C@@H](c1ccsc1)C(F)(F)c1ccccn1)C(=O)O. The van der Waals surface area contributed by atoms with Gasteiger partial charge in [-0.3, -0.25) is 15.1 Å². The van der Waals surface area contributed by atoms with Gasteiger partial charge < -0.3 is 5.11 Å². The second kappa shape index (κ2) is 7.58. The maximum absolute atomic E-state index is 15.1. The first-order valence-corrected chi connectivity index (χ1v) is 8.86. The molecule has 0 radical (unpaired) electrons. The van der Waals surface area contributed by atoms with Crippen LogP contribution in [0.15, 0.2) is 41.2 Å². The number of nitrogens with zero attached hydrogens (tertiary/aromatic N) is 1. The second-order valence-electron chi connectivity index (χ2n) is 7.15. The van der Waals surface area contributed by atoms with Crippen molar-refractivity contribution in [3.05, 3.63) is 52.5 Å². The molecule has 2 heterocycles. The lowest BCUT2D eigenvalue weighted by molar-refractivity contribution is -0.142. The molecule has 0 saturated carbocycles. The van der Waals surface area contributed by atoms with E-state index in [2.05, 4.69) is 10.3 Å². The Bertz CT molecular complexity index is 685. The van der Waals surface area contributed by atoms with Crippen LogP contribution >= 0.6 is 11.3 Å². The van der Waals surface area contributed by atoms with Crippen molar-refractivity contribution >= 4 is 17.3 Å². The maximum Gasteiger partial charge on any atom is 0.320 e. The quantitative estimate of drug-likeness (QED) is 0.758. The molecular weight excluding hydrogens is 346 g/mol. The molecule has 0 saturated heterocycles. The van der Waals surface area contributed by atoms with E-state index in [0.29, 0.717) is 5.56 Å². The molecule has 0 aliphatic heterocycles. The van der Waals surface area contributed by atoms with Gasteiger partial charge in [-0.25, -0.2) is 0 Å². The molecule has 7 heteroatoms. The zero-order valence-electron chi connectivity index (χ0n) is 14.4. The molecule has 136 valence electrons. The van der Waals surface area contributed by atoms with Crippen molar-refractivity contribution in [1.29, 1.82) is 0 Å². The van der Waals surface area contributed by atoms with Crippen LogP contribution in [0.2, 0.25) is 0 Å². The third kappa shape index (κ3) is 5.06. The van der Waals surface area contributed by atoms with E-state index in [-0.39, 0.29) is 11.8 Å². The first kappa shape index (κ1) is 19.5. The van der Waals surface area contributed by atoms with Gasteiger partial charge in [0.1, 0.15) is 17.8 Å². The fourth-order valence-corrected chi connectivity index (χ4v) is 3.27. The van der Waals surface area contributed by atoms with E-state index >= 15 is 8.78 Å². The summed E-state index contributed by atoms with van der Waals surface area (Å²) in [5.41, 5.74) is -0.366. The number of hydrogen-bond acceptors (Lipinski definition) is 4. The predicted molar refractivity (Wildman–Crippen MR) is 93.8 cm³/mol. The van der Waals surface area contributed by atoms with Crippen molar-refractivity contribution in [2.24, 2.45) is 5.41 Å². The van der Waals surface area contributed by atoms with E-state index in [0.717, 1.165) is 0 Å². The Morgan fingerprint density at radius 1 is 1.32 bits per heavy atom. The van der Waals surface area contributed by atoms with Crippen molar-refractivity contribution in [3.8, 4) is 0 Å². The molecule has 2 rings (SSSR count). The number of halogens is 2. The van der Waals surface area contributed by atoms with Gasteiger partial charge in [-0.2, -0.15) is 20.1 Å². The number of aromatic nitrogens is 1. The van der Waals surface area contributed by atoms with Crippen LogP contribution < -0.4 is 5.32 Å². The second-order valence-corrected chi connectivity index (χ2v) is 7.93. The molecule has 2 aromatic heterocycles. The topological polar surface area (TPSA) is 62.2 Å². The molecule has 0 spiro atoms. The van der Waals surface area contributed by atoms with Crippen molar-refractivity contribution in [3.63, 3.8) is 0 Å². The molecule has 0 unspecified atom stereocenters. The van der Waals surface area contributed by atoms with Crippen LogP contribution in [-0.2, 0) is 10.7 Å². The number of rotatable bonds is 7. The average molecular weight is 368 g/mol. The van der Waals surface area contributed by atoms with Gasteiger partial charge in [0, 0.05) is 6.20 Å². The van der Waals surface area contributed by atoms with E-state index in [1.165, 1.54) is 29.7 Å². The Kier molecular flexibility index (Phi) is 5.90. The molecular formula is C18H22F2N2O2S. The Morgan fingerprint density at radius 2 is 2.04 bits per heavy atom. The van der Waals surface area contributed by atoms with Gasteiger partial charge in [-0.15, -0.1) is 0 Å². The lowest BCUT2D eigenvalue weighted by atomic mass is 9.87. The summed E-state index contributed by atoms with van der Waals surface area (Å²) >= 11 is 1.29. The molecule has 2 aromatic rings. The number of nitrogens with one attached hydrogen (secondary N) is 1. The van der Waals surface area contributed by atoms with Gasteiger partial charge in [0.15, 0.2) is 0 Å². The number of alkyl halides is 2. The molecule has 0 amide bonds. The number of aliphatic carboxylic acids is 1. The van der Waals surface area contributed by atoms with E-state index in [9.17, 15) is 9.90 Å². The third-order valence-electron chi connectivity index (χ3n) is 3.73. The fraction of sp³-hybridized carbons (Fsp3) is 0.444. The number of carboxylic acid groups (broad SMARTS) is 1. The van der Waals surface area contributed by atoms with Crippen molar-refractivity contribution in [2.45, 2.75) is 45.2 Å². The standard InChI is InChI=1S/C18H22F2N2O2S/c1-17(2,3)10-13(16(23)24)22-15(12-7-9-25-11-12)18(19,20)14-6-4-5-8-21-14/h4-9,11,13,15,22H,10H2,1-3H3,(H,23,24)/t13-,15-/m0/s1. The molecule has 0 aliphatic rings. The summed E-state index contributed by atoms with van der Waals surface area (Å²) in [6, 6.07) is 3.31. The molecule has 0 bridgehead atoms. The molecule has 0 fully saturated rings. The summed E-state index contributed by atoms with van der Waals surface area (Å²) in [5, 5.41) is 15.5. The van der Waals surface area contributed by atoms with Crippen LogP contribution in [0.25, 0.3) is 0 Å². The normalized spacial score (nSPS) is 14.9. The summed E-state index contributed by atoms with van der Waals surface area (Å²) in [5.74, 6) is -4.50. The zero-order chi connectivity index (χ0) is 18.7. The zero-order valence-corrected chi connectivity index (χ0v) is 15.2. The van der Waals surface area contributed by atoms with E-state index in [4.69, 9.17) is 0 Å². The highest BCUT2D eigenvalue weighted by Crippen LogP contribution is 2.41. The Balaban J connectivity index is 2.38. The average Bonchev–Trinajstić information content (AvgIpc) is 3.04. The smallest absolute Gasteiger partial charge is 0.320 e. The largest absolute Gasteiger partial charge is 0.480 e. The molecule has 4 nitrogen and oxygen atoms in total. The summed E-state index contributed by atoms with van der Waals surface area (Å²) in [4.78, 5) is 15.4. The first-order valence-electron chi connectivity index (χ1n) is 7.91. The highest BCUT2D eigenvalue weighted by atomic mass is 32.1. The van der Waals surface area contributed by atoms with Crippen LogP contribution in [0, 0.1) is 5.41 Å². The van der Waals surface area contributed by atoms with Crippen LogP contribution in [-0.4, -0.2) is 22.1 Å². The summed E-state index contributed by atoms with van der Waals surface area (Å²) in [6.45, 7) is 5.63. The number of carbonyl (C=O) groups is 1. The van der Waals surface area contributed by atoms with Gasteiger partial charge in [0.2, 0.25) is 0 Å².